The Morgan fingerprint density at radius 3 is 1.58 bits per heavy atom. The maximum absolute atomic E-state index is 12.5. The topological polar surface area (TPSA) is 29.1 Å². The Labute approximate surface area is 229 Å². The van der Waals surface area contributed by atoms with Gasteiger partial charge in [-0.2, -0.15) is 0 Å². The van der Waals surface area contributed by atoms with Crippen molar-refractivity contribution in [2.24, 2.45) is 0 Å². The van der Waals surface area contributed by atoms with Crippen molar-refractivity contribution >= 4 is 23.4 Å². The number of anilines is 1. The summed E-state index contributed by atoms with van der Waals surface area (Å²) in [5.41, 5.74) is 6.87. The van der Waals surface area contributed by atoms with E-state index < -0.39 is 4.75 Å². The van der Waals surface area contributed by atoms with Crippen LogP contribution < -0.4 is 5.32 Å². The van der Waals surface area contributed by atoms with Gasteiger partial charge in [0.15, 0.2) is 0 Å². The first-order valence-corrected chi connectivity index (χ1v) is 13.8. The van der Waals surface area contributed by atoms with Gasteiger partial charge in [-0.25, -0.2) is 0 Å². The fourth-order valence-corrected chi connectivity index (χ4v) is 6.10. The molecule has 2 nitrogen and oxygen atoms in total. The average molecular weight is 514 g/mol. The molecule has 0 fully saturated rings. The second kappa shape index (κ2) is 12.0. The summed E-state index contributed by atoms with van der Waals surface area (Å²) < 4.78 is -0.404. The average Bonchev–Trinajstić information content (AvgIpc) is 2.98. The Bertz CT molecular complexity index is 1350. The lowest BCUT2D eigenvalue weighted by Crippen LogP contribution is -2.25. The van der Waals surface area contributed by atoms with Gasteiger partial charge in [0.2, 0.25) is 5.91 Å². The molecule has 0 aromatic heterocycles. The van der Waals surface area contributed by atoms with E-state index in [0.29, 0.717) is 12.8 Å². The number of carbonyl (C=O) groups excluding carboxylic acids is 1. The smallest absolute Gasteiger partial charge is 0.224 e. The van der Waals surface area contributed by atoms with E-state index in [2.05, 4.69) is 121 Å². The van der Waals surface area contributed by atoms with Crippen molar-refractivity contribution in [1.82, 2.24) is 0 Å². The summed E-state index contributed by atoms with van der Waals surface area (Å²) in [6, 6.07) is 48.7. The largest absolute Gasteiger partial charge is 0.326 e. The Hall–Kier alpha value is -4.08. The van der Waals surface area contributed by atoms with Gasteiger partial charge in [0, 0.05) is 17.0 Å². The van der Waals surface area contributed by atoms with E-state index in [1.807, 2.05) is 43.0 Å². The molecule has 3 heteroatoms. The first-order valence-electron chi connectivity index (χ1n) is 12.9. The van der Waals surface area contributed by atoms with Gasteiger partial charge >= 0.3 is 0 Å². The first-order chi connectivity index (χ1) is 18.6. The van der Waals surface area contributed by atoms with Gasteiger partial charge in [-0.05, 0) is 59.9 Å². The molecule has 0 heterocycles. The lowest BCUT2D eigenvalue weighted by atomic mass is 9.84. The summed E-state index contributed by atoms with van der Waals surface area (Å²) >= 11 is 1.85. The molecular formula is C35H31NOS. The van der Waals surface area contributed by atoms with Gasteiger partial charge in [0.25, 0.3) is 0 Å². The van der Waals surface area contributed by atoms with Crippen LogP contribution in [0, 0.1) is 6.92 Å². The zero-order valence-corrected chi connectivity index (χ0v) is 22.3. The van der Waals surface area contributed by atoms with E-state index in [-0.39, 0.29) is 5.91 Å². The molecule has 0 aliphatic heterocycles. The van der Waals surface area contributed by atoms with Crippen LogP contribution in [0.1, 0.15) is 34.2 Å². The van der Waals surface area contributed by atoms with Gasteiger partial charge in [-0.3, -0.25) is 4.79 Å². The van der Waals surface area contributed by atoms with Crippen molar-refractivity contribution in [2.75, 3.05) is 5.32 Å². The predicted molar refractivity (Wildman–Crippen MR) is 160 cm³/mol. The number of hydrogen-bond acceptors (Lipinski definition) is 2. The summed E-state index contributed by atoms with van der Waals surface area (Å²) in [6.45, 7) is 2.04. The van der Waals surface area contributed by atoms with Crippen LogP contribution in [0.2, 0.25) is 0 Å². The first kappa shape index (κ1) is 25.6. The minimum Gasteiger partial charge on any atom is -0.326 e. The number of nitrogens with one attached hydrogen (secondary N) is 1. The zero-order chi connectivity index (χ0) is 26.2. The molecule has 0 unspecified atom stereocenters. The molecule has 0 radical (unpaired) electrons. The lowest BCUT2D eigenvalue weighted by Gasteiger charge is -2.35. The molecule has 0 atom stereocenters. The SMILES string of the molecule is Cc1ccc(NC(=O)CCc2ccc(SC(c3ccccc3)(c3ccccc3)c3ccccc3)cc2)cc1. The number of benzene rings is 5. The highest BCUT2D eigenvalue weighted by atomic mass is 32.2. The van der Waals surface area contributed by atoms with Crippen LogP contribution in [-0.4, -0.2) is 5.91 Å². The summed E-state index contributed by atoms with van der Waals surface area (Å²) in [5.74, 6) is 0.0311. The Morgan fingerprint density at radius 2 is 1.11 bits per heavy atom. The number of carbonyl (C=O) groups is 1. The highest BCUT2D eigenvalue weighted by Crippen LogP contribution is 2.51. The van der Waals surface area contributed by atoms with Crippen LogP contribution >= 0.6 is 11.8 Å². The van der Waals surface area contributed by atoms with Gasteiger partial charge < -0.3 is 5.32 Å². The molecule has 0 aliphatic rings. The summed E-state index contributed by atoms with van der Waals surface area (Å²) in [7, 11) is 0. The maximum atomic E-state index is 12.5. The van der Waals surface area contributed by atoms with Gasteiger partial charge in [0.1, 0.15) is 0 Å². The van der Waals surface area contributed by atoms with Crippen molar-refractivity contribution in [3.05, 3.63) is 167 Å². The van der Waals surface area contributed by atoms with Crippen molar-refractivity contribution in [3.8, 4) is 0 Å². The third-order valence-electron chi connectivity index (χ3n) is 6.71. The highest BCUT2D eigenvalue weighted by Gasteiger charge is 2.37. The monoisotopic (exact) mass is 513 g/mol. The Morgan fingerprint density at radius 1 is 0.632 bits per heavy atom. The molecule has 0 bridgehead atoms. The summed E-state index contributed by atoms with van der Waals surface area (Å²) in [6.07, 6.45) is 1.15. The van der Waals surface area contributed by atoms with E-state index in [1.165, 1.54) is 27.1 Å². The minimum atomic E-state index is -0.404. The second-order valence-electron chi connectivity index (χ2n) is 9.44. The van der Waals surface area contributed by atoms with Gasteiger partial charge in [-0.1, -0.05) is 121 Å². The molecular weight excluding hydrogens is 482 g/mol. The Balaban J connectivity index is 1.39. The van der Waals surface area contributed by atoms with Crippen molar-refractivity contribution in [2.45, 2.75) is 29.4 Å². The standard InChI is InChI=1S/C35H31NOS/c1-27-17-22-32(23-18-27)36-34(37)26-21-28-19-24-33(25-20-28)38-35(29-11-5-2-6-12-29,30-13-7-3-8-14-30)31-15-9-4-10-16-31/h2-20,22-25H,21,26H2,1H3,(H,36,37). The highest BCUT2D eigenvalue weighted by molar-refractivity contribution is 8.00. The fraction of sp³-hybridized carbons (Fsp3) is 0.114. The molecule has 5 aromatic rings. The quantitative estimate of drug-likeness (QED) is 0.158. The van der Waals surface area contributed by atoms with Gasteiger partial charge in [0.05, 0.1) is 4.75 Å². The number of amides is 1. The number of hydrogen-bond donors (Lipinski definition) is 1. The molecule has 1 N–H and O–H groups in total. The van der Waals surface area contributed by atoms with E-state index in [9.17, 15) is 4.79 Å². The normalized spacial score (nSPS) is 11.2. The van der Waals surface area contributed by atoms with Crippen LogP contribution in [0.15, 0.2) is 144 Å². The lowest BCUT2D eigenvalue weighted by molar-refractivity contribution is -0.116. The second-order valence-corrected chi connectivity index (χ2v) is 10.7. The molecule has 0 spiro atoms. The van der Waals surface area contributed by atoms with Crippen LogP contribution in [0.3, 0.4) is 0 Å². The molecule has 188 valence electrons. The fourth-order valence-electron chi connectivity index (χ4n) is 4.71. The van der Waals surface area contributed by atoms with Crippen LogP contribution in [0.4, 0.5) is 5.69 Å². The summed E-state index contributed by atoms with van der Waals surface area (Å²) in [5, 5.41) is 2.99. The third kappa shape index (κ3) is 5.90. The predicted octanol–water partition coefficient (Wildman–Crippen LogP) is 8.65. The van der Waals surface area contributed by atoms with Crippen molar-refractivity contribution in [3.63, 3.8) is 0 Å². The molecule has 5 rings (SSSR count). The zero-order valence-electron chi connectivity index (χ0n) is 21.5. The van der Waals surface area contributed by atoms with E-state index >= 15 is 0 Å². The Kier molecular flexibility index (Phi) is 8.06. The maximum Gasteiger partial charge on any atom is 0.224 e. The van der Waals surface area contributed by atoms with Crippen LogP contribution in [0.25, 0.3) is 0 Å². The molecule has 0 saturated heterocycles. The number of rotatable bonds is 9. The number of aryl methyl sites for hydroxylation is 2. The molecule has 0 saturated carbocycles. The van der Waals surface area contributed by atoms with Crippen LogP contribution in [0.5, 0.6) is 0 Å². The molecule has 5 aromatic carbocycles. The van der Waals surface area contributed by atoms with E-state index in [0.717, 1.165) is 11.3 Å². The van der Waals surface area contributed by atoms with Crippen molar-refractivity contribution in [1.29, 1.82) is 0 Å². The minimum absolute atomic E-state index is 0.0311. The van der Waals surface area contributed by atoms with Gasteiger partial charge in [-0.15, -0.1) is 11.8 Å². The van der Waals surface area contributed by atoms with E-state index in [4.69, 9.17) is 0 Å². The third-order valence-corrected chi connectivity index (χ3v) is 8.23. The molecule has 38 heavy (non-hydrogen) atoms. The molecule has 1 amide bonds. The van der Waals surface area contributed by atoms with Crippen LogP contribution in [-0.2, 0) is 16.0 Å². The number of thioether (sulfide) groups is 1. The van der Waals surface area contributed by atoms with Crippen molar-refractivity contribution < 1.29 is 4.79 Å². The summed E-state index contributed by atoms with van der Waals surface area (Å²) in [4.78, 5) is 13.7. The van der Waals surface area contributed by atoms with E-state index in [1.54, 1.807) is 0 Å². The molecule has 0 aliphatic carbocycles.